The van der Waals surface area contributed by atoms with Crippen molar-refractivity contribution >= 4 is 0 Å². The molecule has 1 unspecified atom stereocenters. The maximum absolute atomic E-state index is 5.65. The first kappa shape index (κ1) is 9.01. The molecule has 11 heavy (non-hydrogen) atoms. The lowest BCUT2D eigenvalue weighted by Gasteiger charge is -2.24. The molecule has 1 aliphatic heterocycles. The standard InChI is InChI=1S/C9H16O2/c1-4-8-7-10-9(5-2,6-3)11-8/h1,8H,4-7H2,2-3H3. The van der Waals surface area contributed by atoms with E-state index in [0.29, 0.717) is 13.0 Å². The summed E-state index contributed by atoms with van der Waals surface area (Å²) in [5.41, 5.74) is 0. The molecule has 0 amide bonds. The maximum atomic E-state index is 5.65. The molecule has 1 rings (SSSR count). The van der Waals surface area contributed by atoms with Gasteiger partial charge in [-0.15, -0.1) is 0 Å². The lowest BCUT2D eigenvalue weighted by Crippen LogP contribution is -2.28. The fourth-order valence-electron chi connectivity index (χ4n) is 1.35. The second-order valence-corrected chi connectivity index (χ2v) is 2.90. The summed E-state index contributed by atoms with van der Waals surface area (Å²) >= 11 is 0. The Bertz CT molecular complexity index is 119. The summed E-state index contributed by atoms with van der Waals surface area (Å²) in [6.07, 6.45) is 2.47. The molecule has 1 atom stereocenters. The summed E-state index contributed by atoms with van der Waals surface area (Å²) in [5.74, 6) is -0.329. The second-order valence-electron chi connectivity index (χ2n) is 2.90. The Morgan fingerprint density at radius 3 is 2.36 bits per heavy atom. The number of ether oxygens (including phenoxy) is 2. The van der Waals surface area contributed by atoms with E-state index < -0.39 is 0 Å². The zero-order chi connectivity index (χ0) is 8.32. The Labute approximate surface area is 68.9 Å². The van der Waals surface area contributed by atoms with Crippen molar-refractivity contribution in [3.63, 3.8) is 0 Å². The smallest absolute Gasteiger partial charge is 0.168 e. The number of hydrogen-bond acceptors (Lipinski definition) is 2. The van der Waals surface area contributed by atoms with Gasteiger partial charge in [-0.25, -0.2) is 0 Å². The summed E-state index contributed by atoms with van der Waals surface area (Å²) < 4.78 is 11.2. The highest BCUT2D eigenvalue weighted by Gasteiger charge is 2.37. The van der Waals surface area contributed by atoms with Gasteiger partial charge < -0.3 is 9.47 Å². The summed E-state index contributed by atoms with van der Waals surface area (Å²) in [4.78, 5) is 0. The molecule has 1 fully saturated rings. The molecule has 0 aromatic rings. The summed E-state index contributed by atoms with van der Waals surface area (Å²) in [6, 6.07) is 0. The first-order valence-electron chi connectivity index (χ1n) is 4.28. The Hall–Kier alpha value is -0.0800. The highest BCUT2D eigenvalue weighted by atomic mass is 16.7. The maximum Gasteiger partial charge on any atom is 0.168 e. The van der Waals surface area contributed by atoms with Gasteiger partial charge in [0.15, 0.2) is 5.79 Å². The van der Waals surface area contributed by atoms with Gasteiger partial charge in [-0.05, 0) is 26.2 Å². The molecule has 0 aliphatic carbocycles. The van der Waals surface area contributed by atoms with Crippen molar-refractivity contribution < 1.29 is 9.47 Å². The van der Waals surface area contributed by atoms with Crippen molar-refractivity contribution in [1.82, 2.24) is 0 Å². The molecule has 2 nitrogen and oxygen atoms in total. The second kappa shape index (κ2) is 3.55. The Morgan fingerprint density at radius 2 is 2.09 bits per heavy atom. The minimum atomic E-state index is -0.329. The predicted molar refractivity (Wildman–Crippen MR) is 43.1 cm³/mol. The van der Waals surface area contributed by atoms with E-state index in [4.69, 9.17) is 16.4 Å². The molecular weight excluding hydrogens is 140 g/mol. The molecule has 2 radical (unpaired) electrons. The minimum absolute atomic E-state index is 0.106. The minimum Gasteiger partial charge on any atom is -0.347 e. The van der Waals surface area contributed by atoms with Gasteiger partial charge in [0, 0.05) is 0 Å². The van der Waals surface area contributed by atoms with Crippen molar-refractivity contribution in [3.8, 4) is 0 Å². The monoisotopic (exact) mass is 156 g/mol. The van der Waals surface area contributed by atoms with Crippen LogP contribution in [-0.4, -0.2) is 18.5 Å². The lowest BCUT2D eigenvalue weighted by molar-refractivity contribution is -0.171. The summed E-state index contributed by atoms with van der Waals surface area (Å²) in [6.45, 7) is 10.3. The normalized spacial score (nSPS) is 29.2. The van der Waals surface area contributed by atoms with Crippen LogP contribution in [0.25, 0.3) is 0 Å². The predicted octanol–water partition coefficient (Wildman–Crippen LogP) is 2.02. The largest absolute Gasteiger partial charge is 0.347 e. The fraction of sp³-hybridized carbons (Fsp3) is 0.889. The summed E-state index contributed by atoms with van der Waals surface area (Å²) in [7, 11) is 0. The first-order chi connectivity index (χ1) is 5.26. The SMILES string of the molecule is [CH]CC1COC(CC)(CC)O1. The molecular formula is C9H16O2. The lowest BCUT2D eigenvalue weighted by atomic mass is 10.1. The molecule has 64 valence electrons. The third kappa shape index (κ3) is 1.74. The molecule has 1 aliphatic rings. The van der Waals surface area contributed by atoms with Gasteiger partial charge in [-0.3, -0.25) is 0 Å². The third-order valence-electron chi connectivity index (χ3n) is 2.25. The quantitative estimate of drug-likeness (QED) is 0.622. The van der Waals surface area contributed by atoms with E-state index in [1.54, 1.807) is 0 Å². The van der Waals surface area contributed by atoms with E-state index in [1.807, 2.05) is 0 Å². The highest BCUT2D eigenvalue weighted by Crippen LogP contribution is 2.30. The van der Waals surface area contributed by atoms with Gasteiger partial charge in [0.1, 0.15) is 0 Å². The Morgan fingerprint density at radius 1 is 1.45 bits per heavy atom. The summed E-state index contributed by atoms with van der Waals surface area (Å²) in [5, 5.41) is 0. The molecule has 0 bridgehead atoms. The van der Waals surface area contributed by atoms with Crippen molar-refractivity contribution in [2.75, 3.05) is 6.61 Å². The van der Waals surface area contributed by atoms with Crippen molar-refractivity contribution in [2.45, 2.75) is 45.0 Å². The van der Waals surface area contributed by atoms with Crippen LogP contribution in [0.5, 0.6) is 0 Å². The fourth-order valence-corrected chi connectivity index (χ4v) is 1.35. The average Bonchev–Trinajstić information content (AvgIpc) is 2.49. The molecule has 0 spiro atoms. The molecule has 0 saturated carbocycles. The van der Waals surface area contributed by atoms with Crippen LogP contribution in [0.3, 0.4) is 0 Å². The third-order valence-corrected chi connectivity index (χ3v) is 2.25. The van der Waals surface area contributed by atoms with E-state index in [-0.39, 0.29) is 11.9 Å². The van der Waals surface area contributed by atoms with E-state index in [0.717, 1.165) is 12.8 Å². The van der Waals surface area contributed by atoms with Crippen LogP contribution in [-0.2, 0) is 9.47 Å². The van der Waals surface area contributed by atoms with E-state index >= 15 is 0 Å². The Kier molecular flexibility index (Phi) is 2.90. The van der Waals surface area contributed by atoms with Crippen LogP contribution >= 0.6 is 0 Å². The van der Waals surface area contributed by atoms with Gasteiger partial charge in [0.05, 0.1) is 12.7 Å². The highest BCUT2D eigenvalue weighted by molar-refractivity contribution is 4.76. The molecule has 1 saturated heterocycles. The Balaban J connectivity index is 2.48. The average molecular weight is 156 g/mol. The topological polar surface area (TPSA) is 18.5 Å². The van der Waals surface area contributed by atoms with Crippen molar-refractivity contribution in [2.24, 2.45) is 0 Å². The molecule has 2 heteroatoms. The molecule has 1 heterocycles. The van der Waals surface area contributed by atoms with Crippen molar-refractivity contribution in [1.29, 1.82) is 0 Å². The zero-order valence-electron chi connectivity index (χ0n) is 7.30. The van der Waals surface area contributed by atoms with Gasteiger partial charge >= 0.3 is 0 Å². The first-order valence-corrected chi connectivity index (χ1v) is 4.28. The van der Waals surface area contributed by atoms with Gasteiger partial charge in [-0.2, -0.15) is 0 Å². The van der Waals surface area contributed by atoms with Gasteiger partial charge in [0.2, 0.25) is 0 Å². The van der Waals surface area contributed by atoms with Gasteiger partial charge in [0.25, 0.3) is 0 Å². The van der Waals surface area contributed by atoms with Crippen LogP contribution < -0.4 is 0 Å². The van der Waals surface area contributed by atoms with Crippen LogP contribution in [0.2, 0.25) is 0 Å². The van der Waals surface area contributed by atoms with Crippen molar-refractivity contribution in [3.05, 3.63) is 6.92 Å². The molecule has 0 aromatic carbocycles. The molecule has 0 N–H and O–H groups in total. The van der Waals surface area contributed by atoms with E-state index in [1.165, 1.54) is 0 Å². The molecule has 0 aromatic heterocycles. The van der Waals surface area contributed by atoms with Crippen LogP contribution in [0, 0.1) is 6.92 Å². The van der Waals surface area contributed by atoms with Gasteiger partial charge in [-0.1, -0.05) is 13.8 Å². The number of rotatable bonds is 3. The number of hydrogen-bond donors (Lipinski definition) is 0. The van der Waals surface area contributed by atoms with Crippen LogP contribution in [0.15, 0.2) is 0 Å². The zero-order valence-corrected chi connectivity index (χ0v) is 7.30. The van der Waals surface area contributed by atoms with Crippen LogP contribution in [0.1, 0.15) is 33.1 Å². The van der Waals surface area contributed by atoms with Crippen LogP contribution in [0.4, 0.5) is 0 Å². The van der Waals surface area contributed by atoms with E-state index in [9.17, 15) is 0 Å². The van der Waals surface area contributed by atoms with E-state index in [2.05, 4.69) is 13.8 Å².